The van der Waals surface area contributed by atoms with Crippen molar-refractivity contribution >= 4 is 33.6 Å². The average molecular weight is 1350 g/mol. The topological polar surface area (TPSA) is 231 Å². The maximum atomic E-state index is 13.0. The molecule has 0 saturated carbocycles. The minimum absolute atomic E-state index is 0.0823. The second kappa shape index (κ2) is 67.7. The molecule has 0 spiro atoms. The van der Waals surface area contributed by atoms with Gasteiger partial charge in [-0.25, -0.2) is 9.13 Å². The van der Waals surface area contributed by atoms with Gasteiger partial charge in [0.25, 0.3) is 0 Å². The Morgan fingerprint density at radius 2 is 0.570 bits per heavy atom. The lowest BCUT2D eigenvalue weighted by molar-refractivity contribution is -0.161. The van der Waals surface area contributed by atoms with Crippen LogP contribution in [0.2, 0.25) is 0 Å². The molecule has 0 fully saturated rings. The molecule has 16 nitrogen and oxygen atoms in total. The minimum atomic E-state index is -4.94. The van der Waals surface area contributed by atoms with Crippen molar-refractivity contribution in [3.63, 3.8) is 0 Å². The third-order valence-corrected chi connectivity index (χ3v) is 16.2. The van der Waals surface area contributed by atoms with Crippen LogP contribution < -0.4 is 0 Å². The number of esters is 3. The number of rotatable bonds is 66. The molecule has 93 heavy (non-hydrogen) atoms. The van der Waals surface area contributed by atoms with E-state index in [1.54, 1.807) is 0 Å². The number of unbranched alkanes of at least 4 members (excludes halogenated alkanes) is 21. The lowest BCUT2D eigenvalue weighted by atomic mass is 10.1. The fourth-order valence-electron chi connectivity index (χ4n) is 8.90. The van der Waals surface area contributed by atoms with Gasteiger partial charge < -0.3 is 34.2 Å². The van der Waals surface area contributed by atoms with Crippen molar-refractivity contribution in [3.8, 4) is 0 Å². The maximum Gasteiger partial charge on any atom is 0.472 e. The molecule has 0 aliphatic carbocycles. The van der Waals surface area contributed by atoms with E-state index in [0.717, 1.165) is 167 Å². The molecule has 0 aliphatic heterocycles. The van der Waals surface area contributed by atoms with Crippen LogP contribution in [0.25, 0.3) is 0 Å². The lowest BCUT2D eigenvalue weighted by Crippen LogP contribution is -2.30. The van der Waals surface area contributed by atoms with Gasteiger partial charge in [-0.2, -0.15) is 0 Å². The molecule has 0 aromatic heterocycles. The molecule has 532 valence electrons. The van der Waals surface area contributed by atoms with E-state index in [1.807, 2.05) is 0 Å². The summed E-state index contributed by atoms with van der Waals surface area (Å²) in [5.74, 6) is -1.64. The van der Waals surface area contributed by atoms with Crippen molar-refractivity contribution < 1.29 is 75.8 Å². The zero-order chi connectivity index (χ0) is 68.1. The van der Waals surface area contributed by atoms with Gasteiger partial charge in [-0.3, -0.25) is 32.5 Å². The molecule has 0 saturated heterocycles. The van der Waals surface area contributed by atoms with Gasteiger partial charge in [0, 0.05) is 19.3 Å². The van der Waals surface area contributed by atoms with Crippen LogP contribution in [0.4, 0.5) is 0 Å². The van der Waals surface area contributed by atoms with Crippen LogP contribution in [0.5, 0.6) is 0 Å². The third-order valence-electron chi connectivity index (χ3n) is 14.3. The van der Waals surface area contributed by atoms with Gasteiger partial charge in [-0.15, -0.1) is 0 Å². The lowest BCUT2D eigenvalue weighted by Gasteiger charge is -2.21. The van der Waals surface area contributed by atoms with Crippen molar-refractivity contribution in [3.05, 3.63) is 134 Å². The first-order chi connectivity index (χ1) is 45.2. The maximum absolute atomic E-state index is 13.0. The molecule has 18 heteroatoms. The monoisotopic (exact) mass is 1340 g/mol. The Hall–Kier alpha value is -4.31. The van der Waals surface area contributed by atoms with Gasteiger partial charge in [0.05, 0.1) is 26.4 Å². The Morgan fingerprint density at radius 1 is 0.312 bits per heavy atom. The molecule has 5 atom stereocenters. The highest BCUT2D eigenvalue weighted by atomic mass is 31.2. The first-order valence-corrected chi connectivity index (χ1v) is 38.5. The number of phosphoric acid groups is 2. The molecule has 0 aromatic carbocycles. The molecule has 0 aromatic rings. The summed E-state index contributed by atoms with van der Waals surface area (Å²) in [7, 11) is -9.81. The molecule has 0 radical (unpaired) electrons. The third kappa shape index (κ3) is 68.9. The first kappa shape index (κ1) is 88.7. The van der Waals surface area contributed by atoms with Crippen molar-refractivity contribution in [1.29, 1.82) is 0 Å². The number of allylic oxidation sites excluding steroid dienone is 22. The van der Waals surface area contributed by atoms with E-state index in [0.29, 0.717) is 19.3 Å². The molecule has 5 unspecified atom stereocenters. The fourth-order valence-corrected chi connectivity index (χ4v) is 10.5. The number of carbonyl (C=O) groups is 3. The Labute approximate surface area is 563 Å². The largest absolute Gasteiger partial charge is 0.472 e. The molecule has 0 rings (SSSR count). The number of hydrogen-bond acceptors (Lipinski definition) is 14. The molecule has 0 bridgehead atoms. The summed E-state index contributed by atoms with van der Waals surface area (Å²) >= 11 is 0. The zero-order valence-electron chi connectivity index (χ0n) is 57.6. The summed E-state index contributed by atoms with van der Waals surface area (Å²) in [6.45, 7) is 2.42. The predicted octanol–water partition coefficient (Wildman–Crippen LogP) is 20.0. The highest BCUT2D eigenvalue weighted by Crippen LogP contribution is 2.45. The first-order valence-electron chi connectivity index (χ1n) is 35.5. The number of ether oxygens (including phenoxy) is 3. The minimum Gasteiger partial charge on any atom is -0.463 e. The van der Waals surface area contributed by atoms with Crippen LogP contribution in [-0.4, -0.2) is 95.9 Å². The number of carbonyl (C=O) groups excluding carboxylic acids is 3. The van der Waals surface area contributed by atoms with E-state index >= 15 is 0 Å². The van der Waals surface area contributed by atoms with Gasteiger partial charge in [0.2, 0.25) is 0 Å². The fraction of sp³-hybridized carbons (Fsp3) is 0.667. The second-order valence-electron chi connectivity index (χ2n) is 23.3. The van der Waals surface area contributed by atoms with Crippen LogP contribution in [-0.2, 0) is 55.8 Å². The standard InChI is InChI=1S/C75H126O16P2/c1-4-7-10-13-16-19-22-25-28-31-34-37-40-43-46-49-52-55-58-61-73(78)85-64-70(76)65-87-92(81,82)88-66-71(77)67-89-93(83,84)90-69-72(91-75(80)63-60-57-54-51-48-45-42-39-36-33-30-27-24-21-18-15-12-9-6-3)68-86-74(79)62-59-56-53-50-47-44-41-38-35-32-29-26-23-20-17-14-11-8-5-2/h7,10,16-21,25-30,34-39,43,46,70-72,76-77H,4-6,8-9,11-15,22-24,31-33,40-42,44-45,47-69H2,1-3H3,(H,81,82)(H,83,84)/b10-7-,19-16-,20-17-,21-18-,28-25-,29-26-,30-27-,37-34-,38-35-,39-36-,46-43-. The molecule has 0 amide bonds. The highest BCUT2D eigenvalue weighted by Gasteiger charge is 2.29. The van der Waals surface area contributed by atoms with Crippen LogP contribution in [0.15, 0.2) is 134 Å². The molecule has 4 N–H and O–H groups in total. The second-order valence-corrected chi connectivity index (χ2v) is 26.2. The summed E-state index contributed by atoms with van der Waals surface area (Å²) in [5, 5.41) is 20.6. The number of hydrogen-bond donors (Lipinski definition) is 4. The SMILES string of the molecule is CC/C=C\C/C=C\C/C=C\C/C=C\C/C=C\CCCCCC(=O)OCC(O)COP(=O)(O)OCC(O)COP(=O)(O)OCC(COC(=O)CCCCCCCC/C=C\C/C=C\C/C=C\CCCCC)OC(=O)CCCCCCCC/C=C\C/C=C\C/C=C\CCCCC. The van der Waals surface area contributed by atoms with Crippen LogP contribution in [0, 0.1) is 0 Å². The summed E-state index contributed by atoms with van der Waals surface area (Å²) in [6, 6.07) is 0. The Morgan fingerprint density at radius 3 is 0.914 bits per heavy atom. The summed E-state index contributed by atoms with van der Waals surface area (Å²) < 4.78 is 60.9. The van der Waals surface area contributed by atoms with Crippen LogP contribution in [0.1, 0.15) is 265 Å². The van der Waals surface area contributed by atoms with Crippen LogP contribution >= 0.6 is 15.6 Å². The van der Waals surface area contributed by atoms with E-state index in [-0.39, 0.29) is 19.3 Å². The number of aliphatic hydroxyl groups is 2. The van der Waals surface area contributed by atoms with Crippen LogP contribution in [0.3, 0.4) is 0 Å². The van der Waals surface area contributed by atoms with Gasteiger partial charge >= 0.3 is 33.6 Å². The Kier molecular flexibility index (Phi) is 64.5. The summed E-state index contributed by atoms with van der Waals surface area (Å²) in [6.07, 6.45) is 79.1. The average Bonchev–Trinajstić information content (AvgIpc) is 3.57. The molecular weight excluding hydrogens is 1220 g/mol. The number of phosphoric ester groups is 2. The Bertz CT molecular complexity index is 2230. The van der Waals surface area contributed by atoms with E-state index < -0.39 is 91.5 Å². The van der Waals surface area contributed by atoms with E-state index in [2.05, 4.69) is 154 Å². The van der Waals surface area contributed by atoms with E-state index in [1.165, 1.54) is 38.5 Å². The van der Waals surface area contributed by atoms with Crippen molar-refractivity contribution in [2.75, 3.05) is 39.6 Å². The molecular formula is C75H126O16P2. The smallest absolute Gasteiger partial charge is 0.463 e. The van der Waals surface area contributed by atoms with Crippen molar-refractivity contribution in [2.45, 2.75) is 283 Å². The highest BCUT2D eigenvalue weighted by molar-refractivity contribution is 7.47. The summed E-state index contributed by atoms with van der Waals surface area (Å²) in [5.41, 5.74) is 0. The quantitative estimate of drug-likeness (QED) is 0.0146. The molecule has 0 heterocycles. The van der Waals surface area contributed by atoms with E-state index in [4.69, 9.17) is 32.3 Å². The zero-order valence-corrected chi connectivity index (χ0v) is 59.4. The van der Waals surface area contributed by atoms with Crippen molar-refractivity contribution in [1.82, 2.24) is 0 Å². The normalized spacial score (nSPS) is 15.0. The Balaban J connectivity index is 4.79. The predicted molar refractivity (Wildman–Crippen MR) is 380 cm³/mol. The van der Waals surface area contributed by atoms with Gasteiger partial charge in [0.1, 0.15) is 25.4 Å². The summed E-state index contributed by atoms with van der Waals surface area (Å²) in [4.78, 5) is 58.5. The van der Waals surface area contributed by atoms with Gasteiger partial charge in [0.15, 0.2) is 6.10 Å². The van der Waals surface area contributed by atoms with Gasteiger partial charge in [-0.1, -0.05) is 238 Å². The van der Waals surface area contributed by atoms with Gasteiger partial charge in [-0.05, 0) is 141 Å². The molecule has 0 aliphatic rings. The van der Waals surface area contributed by atoms with E-state index in [9.17, 15) is 43.5 Å². The van der Waals surface area contributed by atoms with Crippen molar-refractivity contribution in [2.24, 2.45) is 0 Å². The number of aliphatic hydroxyl groups excluding tert-OH is 2.